The average Bonchev–Trinajstić information content (AvgIpc) is 2.68. The van der Waals surface area contributed by atoms with E-state index in [0.29, 0.717) is 16.9 Å². The lowest BCUT2D eigenvalue weighted by Gasteiger charge is -2.22. The van der Waals surface area contributed by atoms with Crippen LogP contribution in [0.25, 0.3) is 0 Å². The maximum Gasteiger partial charge on any atom is 0.408 e. The zero-order valence-electron chi connectivity index (χ0n) is 18.1. The molecule has 0 bridgehead atoms. The largest absolute Gasteiger partial charge is 0.444 e. The van der Waals surface area contributed by atoms with E-state index < -0.39 is 29.5 Å². The molecule has 2 aromatic carbocycles. The number of ether oxygens (including phenoxy) is 1. The van der Waals surface area contributed by atoms with Crippen LogP contribution in [0.3, 0.4) is 0 Å². The minimum Gasteiger partial charge on any atom is -0.444 e. The van der Waals surface area contributed by atoms with Gasteiger partial charge in [0.05, 0.1) is 11.4 Å². The van der Waals surface area contributed by atoms with Crippen LogP contribution >= 0.6 is 0 Å². The van der Waals surface area contributed by atoms with Gasteiger partial charge in [0, 0.05) is 18.3 Å². The van der Waals surface area contributed by atoms with Gasteiger partial charge in [0.25, 0.3) is 5.91 Å². The molecule has 0 aliphatic heterocycles. The number of nitrogens with one attached hydrogen (secondary N) is 4. The molecule has 0 fully saturated rings. The number of halogens is 1. The fourth-order valence-electron chi connectivity index (χ4n) is 2.56. The van der Waals surface area contributed by atoms with Gasteiger partial charge >= 0.3 is 6.09 Å². The number of hydrogen-bond donors (Lipinski definition) is 4. The number of anilines is 3. The normalized spacial score (nSPS) is 11.8. The molecule has 0 radical (unpaired) electrons. The highest BCUT2D eigenvalue weighted by Gasteiger charge is 2.21. The Morgan fingerprint density at radius 2 is 1.74 bits per heavy atom. The van der Waals surface area contributed by atoms with Gasteiger partial charge in [-0.05, 0) is 64.1 Å². The SMILES string of the molecule is CNC(=O)c1cccc(Nc2cc(F)ccc2NC(=O)[C@H](C)NC(=O)OC(C)(C)C)c1. The first-order valence-corrected chi connectivity index (χ1v) is 9.67. The molecule has 166 valence electrons. The highest BCUT2D eigenvalue weighted by Crippen LogP contribution is 2.27. The second kappa shape index (κ2) is 9.92. The van der Waals surface area contributed by atoms with Crippen LogP contribution in [0.5, 0.6) is 0 Å². The number of hydrogen-bond acceptors (Lipinski definition) is 5. The first-order chi connectivity index (χ1) is 14.5. The highest BCUT2D eigenvalue weighted by molar-refractivity contribution is 5.99. The minimum absolute atomic E-state index is 0.265. The van der Waals surface area contributed by atoms with E-state index in [0.717, 1.165) is 0 Å². The number of rotatable bonds is 6. The van der Waals surface area contributed by atoms with Gasteiger partial charge < -0.3 is 26.0 Å². The molecule has 0 aromatic heterocycles. The molecule has 4 N–H and O–H groups in total. The molecule has 0 unspecified atom stereocenters. The Bertz CT molecular complexity index is 972. The summed E-state index contributed by atoms with van der Waals surface area (Å²) in [5.41, 5.74) is 0.839. The molecule has 0 aliphatic rings. The van der Waals surface area contributed by atoms with Gasteiger partial charge in [-0.3, -0.25) is 9.59 Å². The molecule has 9 heteroatoms. The van der Waals surface area contributed by atoms with E-state index in [9.17, 15) is 18.8 Å². The second-order valence-electron chi connectivity index (χ2n) is 7.83. The average molecular weight is 430 g/mol. The van der Waals surface area contributed by atoms with Gasteiger partial charge in [-0.15, -0.1) is 0 Å². The summed E-state index contributed by atoms with van der Waals surface area (Å²) in [6, 6.07) is 9.54. The summed E-state index contributed by atoms with van der Waals surface area (Å²) in [6.45, 7) is 6.65. The van der Waals surface area contributed by atoms with E-state index in [1.165, 1.54) is 32.2 Å². The number of benzene rings is 2. The Morgan fingerprint density at radius 3 is 2.39 bits per heavy atom. The molecule has 1 atom stereocenters. The molecule has 0 aliphatic carbocycles. The number of carbonyl (C=O) groups is 3. The summed E-state index contributed by atoms with van der Waals surface area (Å²) in [5.74, 6) is -1.29. The third-order valence-electron chi connectivity index (χ3n) is 4.00. The molecule has 0 heterocycles. The first-order valence-electron chi connectivity index (χ1n) is 9.67. The van der Waals surface area contributed by atoms with Crippen molar-refractivity contribution in [2.45, 2.75) is 39.3 Å². The zero-order valence-corrected chi connectivity index (χ0v) is 18.1. The third-order valence-corrected chi connectivity index (χ3v) is 4.00. The van der Waals surface area contributed by atoms with Crippen molar-refractivity contribution in [1.82, 2.24) is 10.6 Å². The van der Waals surface area contributed by atoms with Crippen LogP contribution in [-0.2, 0) is 9.53 Å². The summed E-state index contributed by atoms with van der Waals surface area (Å²) in [7, 11) is 1.52. The lowest BCUT2D eigenvalue weighted by atomic mass is 10.1. The molecule has 0 saturated carbocycles. The van der Waals surface area contributed by atoms with Crippen LogP contribution in [0.2, 0.25) is 0 Å². The summed E-state index contributed by atoms with van der Waals surface area (Å²) in [4.78, 5) is 36.2. The maximum atomic E-state index is 13.8. The fraction of sp³-hybridized carbons (Fsp3) is 0.318. The monoisotopic (exact) mass is 430 g/mol. The van der Waals surface area contributed by atoms with Crippen molar-refractivity contribution in [3.05, 3.63) is 53.8 Å². The van der Waals surface area contributed by atoms with Gasteiger partial charge in [-0.2, -0.15) is 0 Å². The summed E-state index contributed by atoms with van der Waals surface area (Å²) in [5, 5.41) is 10.6. The zero-order chi connectivity index (χ0) is 23.2. The number of alkyl carbamates (subject to hydrolysis) is 1. The van der Waals surface area contributed by atoms with E-state index in [1.807, 2.05) is 0 Å². The highest BCUT2D eigenvalue weighted by atomic mass is 19.1. The number of carbonyl (C=O) groups excluding carboxylic acids is 3. The quantitative estimate of drug-likeness (QED) is 0.558. The van der Waals surface area contributed by atoms with Crippen LogP contribution in [0.1, 0.15) is 38.1 Å². The Hall–Kier alpha value is -3.62. The Balaban J connectivity index is 2.15. The molecule has 3 amide bonds. The molecule has 0 saturated heterocycles. The Kier molecular flexibility index (Phi) is 7.57. The van der Waals surface area contributed by atoms with Gasteiger partial charge in [0.15, 0.2) is 0 Å². The smallest absolute Gasteiger partial charge is 0.408 e. The van der Waals surface area contributed by atoms with E-state index in [-0.39, 0.29) is 11.6 Å². The molecule has 2 aromatic rings. The molecule has 0 spiro atoms. The number of amides is 3. The predicted octanol–water partition coefficient (Wildman–Crippen LogP) is 3.78. The fourth-order valence-corrected chi connectivity index (χ4v) is 2.56. The lowest BCUT2D eigenvalue weighted by molar-refractivity contribution is -0.117. The van der Waals surface area contributed by atoms with Crippen molar-refractivity contribution in [2.75, 3.05) is 17.7 Å². The van der Waals surface area contributed by atoms with Crippen LogP contribution in [0, 0.1) is 5.82 Å². The van der Waals surface area contributed by atoms with Gasteiger partial charge in [-0.25, -0.2) is 9.18 Å². The molecular formula is C22H27FN4O4. The van der Waals surface area contributed by atoms with Crippen molar-refractivity contribution < 1.29 is 23.5 Å². The molecular weight excluding hydrogens is 403 g/mol. The van der Waals surface area contributed by atoms with Gasteiger partial charge in [0.2, 0.25) is 5.91 Å². The third kappa shape index (κ3) is 7.29. The van der Waals surface area contributed by atoms with Crippen molar-refractivity contribution in [1.29, 1.82) is 0 Å². The van der Waals surface area contributed by atoms with Crippen LogP contribution in [-0.4, -0.2) is 36.6 Å². The maximum absolute atomic E-state index is 13.8. The molecule has 31 heavy (non-hydrogen) atoms. The van der Waals surface area contributed by atoms with E-state index >= 15 is 0 Å². The van der Waals surface area contributed by atoms with Crippen LogP contribution in [0.15, 0.2) is 42.5 Å². The first kappa shape index (κ1) is 23.7. The van der Waals surface area contributed by atoms with Gasteiger partial charge in [-0.1, -0.05) is 6.07 Å². The van der Waals surface area contributed by atoms with Crippen molar-refractivity contribution >= 4 is 35.0 Å². The van der Waals surface area contributed by atoms with Crippen molar-refractivity contribution in [2.24, 2.45) is 0 Å². The molecule has 2 rings (SSSR count). The summed E-state index contributed by atoms with van der Waals surface area (Å²) < 4.78 is 19.0. The van der Waals surface area contributed by atoms with E-state index in [2.05, 4.69) is 21.3 Å². The van der Waals surface area contributed by atoms with E-state index in [4.69, 9.17) is 4.74 Å². The summed E-state index contributed by atoms with van der Waals surface area (Å²) in [6.07, 6.45) is -0.723. The van der Waals surface area contributed by atoms with Gasteiger partial charge in [0.1, 0.15) is 17.5 Å². The van der Waals surface area contributed by atoms with Crippen LogP contribution in [0.4, 0.5) is 26.2 Å². The van der Waals surface area contributed by atoms with Crippen LogP contribution < -0.4 is 21.3 Å². The van der Waals surface area contributed by atoms with E-state index in [1.54, 1.807) is 45.0 Å². The lowest BCUT2D eigenvalue weighted by Crippen LogP contribution is -2.44. The standard InChI is InChI=1S/C22H27FN4O4/c1-13(25-21(30)31-22(2,3)4)19(28)27-17-10-9-15(23)12-18(17)26-16-8-6-7-14(11-16)20(29)24-5/h6-13,26H,1-5H3,(H,24,29)(H,25,30)(H,27,28)/t13-/m0/s1. The molecule has 8 nitrogen and oxygen atoms in total. The summed E-state index contributed by atoms with van der Waals surface area (Å²) >= 11 is 0. The van der Waals surface area contributed by atoms with Crippen molar-refractivity contribution in [3.63, 3.8) is 0 Å². The predicted molar refractivity (Wildman–Crippen MR) is 117 cm³/mol. The topological polar surface area (TPSA) is 109 Å². The Labute approximate surface area is 180 Å². The Morgan fingerprint density at radius 1 is 1.03 bits per heavy atom. The van der Waals surface area contributed by atoms with Crippen molar-refractivity contribution in [3.8, 4) is 0 Å². The minimum atomic E-state index is -0.899. The second-order valence-corrected chi connectivity index (χ2v) is 7.83.